The topological polar surface area (TPSA) is 88.1 Å². The van der Waals surface area contributed by atoms with Crippen LogP contribution >= 0.6 is 11.6 Å². The van der Waals surface area contributed by atoms with E-state index in [1.807, 2.05) is 35.2 Å². The maximum absolute atomic E-state index is 13.7. The van der Waals surface area contributed by atoms with Gasteiger partial charge in [0.1, 0.15) is 11.6 Å². The zero-order valence-electron chi connectivity index (χ0n) is 19.1. The molecular formula is C26H21ClFN5O2S. The lowest BCUT2D eigenvalue weighted by molar-refractivity contribution is 0.332. The molecule has 3 heterocycles. The highest BCUT2D eigenvalue weighted by Crippen LogP contribution is 2.29. The normalized spacial score (nSPS) is 15.3. The maximum Gasteiger partial charge on any atom is 0.163 e. The van der Waals surface area contributed by atoms with Gasteiger partial charge >= 0.3 is 0 Å². The molecule has 0 bridgehead atoms. The number of nitrogens with one attached hydrogen (secondary N) is 1. The van der Waals surface area contributed by atoms with E-state index in [1.54, 1.807) is 18.5 Å². The van der Waals surface area contributed by atoms with Crippen LogP contribution in [0.3, 0.4) is 0 Å². The Morgan fingerprint density at radius 1 is 1.08 bits per heavy atom. The third kappa shape index (κ3) is 5.62. The molecule has 0 unspecified atom stereocenters. The molecule has 0 atom stereocenters. The molecule has 36 heavy (non-hydrogen) atoms. The Morgan fingerprint density at radius 2 is 1.92 bits per heavy atom. The number of hydrogen-bond acceptors (Lipinski definition) is 7. The number of nitrogens with zero attached hydrogens (tertiary/aromatic N) is 4. The summed E-state index contributed by atoms with van der Waals surface area (Å²) in [6.45, 7) is 1.48. The number of hydrogen-bond donors (Lipinski definition) is 1. The fraction of sp³-hybridized carbons (Fsp3) is 0.192. The highest BCUT2D eigenvalue weighted by Gasteiger charge is 2.20. The molecule has 0 aliphatic carbocycles. The molecule has 1 fully saturated rings. The summed E-state index contributed by atoms with van der Waals surface area (Å²) < 4.78 is 36.9. The van der Waals surface area contributed by atoms with E-state index in [1.165, 1.54) is 12.1 Å². The van der Waals surface area contributed by atoms with E-state index in [0.29, 0.717) is 42.5 Å². The summed E-state index contributed by atoms with van der Waals surface area (Å²) in [6, 6.07) is 13.7. The number of benzene rings is 2. The largest absolute Gasteiger partial charge is 0.340 e. The number of halogens is 2. The lowest BCUT2D eigenvalue weighted by Gasteiger charge is -2.24. The van der Waals surface area contributed by atoms with Crippen LogP contribution in [0.2, 0.25) is 5.02 Å². The van der Waals surface area contributed by atoms with E-state index in [4.69, 9.17) is 21.6 Å². The fourth-order valence-corrected chi connectivity index (χ4v) is 5.26. The van der Waals surface area contributed by atoms with E-state index >= 15 is 0 Å². The SMILES string of the molecule is O=S1(=O)CCN(CC#Cc2ccc3nc(-c4cccnc4)nc(Nc4ccc(F)c(Cl)c4)c3c2)CC1. The fourth-order valence-electron chi connectivity index (χ4n) is 3.80. The van der Waals surface area contributed by atoms with Gasteiger partial charge in [0.25, 0.3) is 0 Å². The van der Waals surface area contributed by atoms with Gasteiger partial charge in [0.05, 0.1) is 28.6 Å². The zero-order chi connectivity index (χ0) is 25.1. The van der Waals surface area contributed by atoms with Crippen molar-refractivity contribution in [3.8, 4) is 23.2 Å². The summed E-state index contributed by atoms with van der Waals surface area (Å²) in [7, 11) is -2.92. The number of sulfone groups is 1. The Kier molecular flexibility index (Phi) is 6.83. The van der Waals surface area contributed by atoms with Crippen molar-refractivity contribution in [1.82, 2.24) is 19.9 Å². The van der Waals surface area contributed by atoms with Crippen molar-refractivity contribution in [3.05, 3.63) is 77.3 Å². The summed E-state index contributed by atoms with van der Waals surface area (Å²) in [5, 5.41) is 3.97. The summed E-state index contributed by atoms with van der Waals surface area (Å²) in [6.07, 6.45) is 3.36. The molecule has 1 aliphatic heterocycles. The maximum atomic E-state index is 13.7. The smallest absolute Gasteiger partial charge is 0.163 e. The molecule has 4 aromatic rings. The first-order valence-corrected chi connectivity index (χ1v) is 13.4. The van der Waals surface area contributed by atoms with Crippen LogP contribution in [0.5, 0.6) is 0 Å². The van der Waals surface area contributed by atoms with Gasteiger partial charge in [0, 0.05) is 47.7 Å². The van der Waals surface area contributed by atoms with E-state index in [9.17, 15) is 12.8 Å². The molecule has 0 saturated carbocycles. The summed E-state index contributed by atoms with van der Waals surface area (Å²) in [5.74, 6) is 7.14. The van der Waals surface area contributed by atoms with Crippen molar-refractivity contribution in [2.45, 2.75) is 0 Å². The average Bonchev–Trinajstić information content (AvgIpc) is 2.88. The quantitative estimate of drug-likeness (QED) is 0.400. The van der Waals surface area contributed by atoms with Gasteiger partial charge in [0.2, 0.25) is 0 Å². The molecule has 2 aromatic heterocycles. The highest BCUT2D eigenvalue weighted by molar-refractivity contribution is 7.91. The second-order valence-electron chi connectivity index (χ2n) is 8.35. The molecule has 0 spiro atoms. The van der Waals surface area contributed by atoms with Gasteiger partial charge in [-0.05, 0) is 48.5 Å². The average molecular weight is 522 g/mol. The van der Waals surface area contributed by atoms with Gasteiger partial charge in [-0.15, -0.1) is 0 Å². The monoisotopic (exact) mass is 521 g/mol. The molecule has 0 amide bonds. The summed E-state index contributed by atoms with van der Waals surface area (Å²) in [5.41, 5.74) is 2.80. The Hall–Kier alpha value is -3.58. The summed E-state index contributed by atoms with van der Waals surface area (Å²) >= 11 is 5.98. The first-order chi connectivity index (χ1) is 17.4. The minimum absolute atomic E-state index is 0.00270. The number of aromatic nitrogens is 3. The molecule has 10 heteroatoms. The van der Waals surface area contributed by atoms with Gasteiger partial charge in [-0.1, -0.05) is 23.4 Å². The molecule has 5 rings (SSSR count). The minimum Gasteiger partial charge on any atom is -0.340 e. The number of rotatable bonds is 4. The van der Waals surface area contributed by atoms with Crippen molar-refractivity contribution < 1.29 is 12.8 Å². The Labute approximate surface area is 213 Å². The van der Waals surface area contributed by atoms with E-state index < -0.39 is 15.7 Å². The Bertz CT molecular complexity index is 1590. The van der Waals surface area contributed by atoms with Crippen molar-refractivity contribution in [1.29, 1.82) is 0 Å². The van der Waals surface area contributed by atoms with Crippen LogP contribution in [0, 0.1) is 17.7 Å². The van der Waals surface area contributed by atoms with E-state index in [-0.39, 0.29) is 16.5 Å². The van der Waals surface area contributed by atoms with Gasteiger partial charge in [-0.3, -0.25) is 9.88 Å². The lowest BCUT2D eigenvalue weighted by atomic mass is 10.1. The minimum atomic E-state index is -2.92. The first-order valence-electron chi connectivity index (χ1n) is 11.2. The molecule has 1 N–H and O–H groups in total. The van der Waals surface area contributed by atoms with Crippen LogP contribution < -0.4 is 5.32 Å². The second-order valence-corrected chi connectivity index (χ2v) is 11.1. The number of pyridine rings is 1. The van der Waals surface area contributed by atoms with E-state index in [0.717, 1.165) is 16.5 Å². The van der Waals surface area contributed by atoms with Crippen molar-refractivity contribution >= 4 is 43.8 Å². The molecular weight excluding hydrogens is 501 g/mol. The number of fused-ring (bicyclic) bond motifs is 1. The Balaban J connectivity index is 1.48. The predicted octanol–water partition coefficient (Wildman–Crippen LogP) is 4.31. The van der Waals surface area contributed by atoms with Gasteiger partial charge in [-0.2, -0.15) is 0 Å². The van der Waals surface area contributed by atoms with Crippen LogP contribution in [-0.2, 0) is 9.84 Å². The first kappa shape index (κ1) is 24.1. The Morgan fingerprint density at radius 3 is 2.67 bits per heavy atom. The summed E-state index contributed by atoms with van der Waals surface area (Å²) in [4.78, 5) is 15.6. The van der Waals surface area contributed by atoms with Crippen LogP contribution in [0.15, 0.2) is 60.9 Å². The van der Waals surface area contributed by atoms with Gasteiger partial charge < -0.3 is 5.32 Å². The third-order valence-electron chi connectivity index (χ3n) is 5.77. The van der Waals surface area contributed by atoms with E-state index in [2.05, 4.69) is 22.1 Å². The molecule has 0 radical (unpaired) electrons. The molecule has 2 aromatic carbocycles. The van der Waals surface area contributed by atoms with Crippen LogP contribution in [0.1, 0.15) is 5.56 Å². The van der Waals surface area contributed by atoms with Crippen LogP contribution in [-0.4, -0.2) is 59.4 Å². The number of anilines is 2. The zero-order valence-corrected chi connectivity index (χ0v) is 20.7. The van der Waals surface area contributed by atoms with Gasteiger partial charge in [0.15, 0.2) is 15.7 Å². The standard InChI is InChI=1S/C26H21ClFN5O2S/c27-22-16-20(6-7-23(22)28)30-26-21-15-18(3-2-10-33-11-13-36(34,35)14-12-33)5-8-24(21)31-25(32-26)19-4-1-9-29-17-19/h1,4-9,15-17H,10-14H2,(H,30,31,32). The van der Waals surface area contributed by atoms with Crippen molar-refractivity contribution in [3.63, 3.8) is 0 Å². The lowest BCUT2D eigenvalue weighted by Crippen LogP contribution is -2.40. The molecule has 1 aliphatic rings. The molecule has 1 saturated heterocycles. The van der Waals surface area contributed by atoms with Crippen LogP contribution in [0.25, 0.3) is 22.3 Å². The molecule has 7 nitrogen and oxygen atoms in total. The van der Waals surface area contributed by atoms with Crippen molar-refractivity contribution in [2.24, 2.45) is 0 Å². The van der Waals surface area contributed by atoms with Crippen LogP contribution in [0.4, 0.5) is 15.9 Å². The predicted molar refractivity (Wildman–Crippen MR) is 139 cm³/mol. The molecule has 182 valence electrons. The third-order valence-corrected chi connectivity index (χ3v) is 7.67. The highest BCUT2D eigenvalue weighted by atomic mass is 35.5. The van der Waals surface area contributed by atoms with Crippen molar-refractivity contribution in [2.75, 3.05) is 36.5 Å². The second kappa shape index (κ2) is 10.2. The van der Waals surface area contributed by atoms with Gasteiger partial charge in [-0.25, -0.2) is 22.8 Å².